The van der Waals surface area contributed by atoms with Gasteiger partial charge in [-0.3, -0.25) is 14.2 Å². The number of hydrogen-bond acceptors (Lipinski definition) is 5. The van der Waals surface area contributed by atoms with Crippen LogP contribution in [0.2, 0.25) is 0 Å². The number of thiazole rings is 1. The lowest BCUT2D eigenvalue weighted by Gasteiger charge is -2.28. The molecule has 0 N–H and O–H groups in total. The van der Waals surface area contributed by atoms with Crippen LogP contribution in [0, 0.1) is 0 Å². The number of rotatable bonds is 6. The summed E-state index contributed by atoms with van der Waals surface area (Å²) >= 11 is 1.40. The normalized spacial score (nSPS) is 17.1. The van der Waals surface area contributed by atoms with Crippen LogP contribution in [0.25, 0.3) is 6.08 Å². The number of nitrogens with zero attached hydrogens (tertiary/aromatic N) is 3. The van der Waals surface area contributed by atoms with Crippen LogP contribution in [0.15, 0.2) is 106 Å². The fourth-order valence-corrected chi connectivity index (χ4v) is 6.40. The summed E-state index contributed by atoms with van der Waals surface area (Å²) in [5.74, 6) is 0.102. The molecule has 0 saturated heterocycles. The predicted molar refractivity (Wildman–Crippen MR) is 153 cm³/mol. The number of allylic oxidation sites excluding steroid dienone is 2. The summed E-state index contributed by atoms with van der Waals surface area (Å²) in [6.45, 7) is 3.90. The first kappa shape index (κ1) is 24.3. The Hall–Kier alpha value is -4.03. The van der Waals surface area contributed by atoms with E-state index in [-0.39, 0.29) is 11.3 Å². The Kier molecular flexibility index (Phi) is 6.64. The molecule has 2 heterocycles. The minimum absolute atomic E-state index is 0.101. The van der Waals surface area contributed by atoms with Crippen LogP contribution in [0.3, 0.4) is 0 Å². The molecule has 6 heteroatoms. The number of aromatic nitrogens is 1. The molecule has 38 heavy (non-hydrogen) atoms. The van der Waals surface area contributed by atoms with E-state index >= 15 is 0 Å². The Labute approximate surface area is 225 Å². The Bertz CT molecular complexity index is 1680. The first-order valence-electron chi connectivity index (χ1n) is 13.1. The Morgan fingerprint density at radius 3 is 2.37 bits per heavy atom. The molecule has 0 radical (unpaired) electrons. The lowest BCUT2D eigenvalue weighted by molar-refractivity contribution is -0.116. The zero-order chi connectivity index (χ0) is 26.1. The van der Waals surface area contributed by atoms with Gasteiger partial charge in [0, 0.05) is 30.8 Å². The fourth-order valence-electron chi connectivity index (χ4n) is 5.38. The zero-order valence-corrected chi connectivity index (χ0v) is 22.2. The number of ketones is 1. The molecule has 0 bridgehead atoms. The maximum absolute atomic E-state index is 13.7. The van der Waals surface area contributed by atoms with Crippen molar-refractivity contribution in [2.75, 3.05) is 11.4 Å². The quantitative estimate of drug-likeness (QED) is 0.361. The van der Waals surface area contributed by atoms with Crippen molar-refractivity contribution < 1.29 is 4.79 Å². The van der Waals surface area contributed by atoms with Gasteiger partial charge in [-0.15, -0.1) is 0 Å². The molecule has 4 aromatic rings. The monoisotopic (exact) mass is 519 g/mol. The average molecular weight is 520 g/mol. The smallest absolute Gasteiger partial charge is 0.271 e. The largest absolute Gasteiger partial charge is 0.367 e. The van der Waals surface area contributed by atoms with Crippen molar-refractivity contribution in [3.05, 3.63) is 133 Å². The van der Waals surface area contributed by atoms with Gasteiger partial charge in [-0.2, -0.15) is 0 Å². The van der Waals surface area contributed by atoms with Gasteiger partial charge in [0.25, 0.3) is 5.56 Å². The molecular weight excluding hydrogens is 490 g/mol. The summed E-state index contributed by atoms with van der Waals surface area (Å²) in [5, 5.41) is 0. The molecule has 1 aliphatic carbocycles. The third kappa shape index (κ3) is 4.56. The fraction of sp³-hybridized carbons (Fsp3) is 0.219. The Balaban J connectivity index is 1.37. The van der Waals surface area contributed by atoms with Crippen LogP contribution < -0.4 is 19.8 Å². The van der Waals surface area contributed by atoms with Crippen molar-refractivity contribution in [2.45, 2.75) is 38.8 Å². The van der Waals surface area contributed by atoms with E-state index in [9.17, 15) is 9.59 Å². The molecule has 3 aromatic carbocycles. The molecule has 0 fully saturated rings. The van der Waals surface area contributed by atoms with Gasteiger partial charge >= 0.3 is 0 Å². The van der Waals surface area contributed by atoms with Crippen molar-refractivity contribution in [2.24, 2.45) is 4.99 Å². The minimum Gasteiger partial charge on any atom is -0.367 e. The van der Waals surface area contributed by atoms with Gasteiger partial charge in [-0.1, -0.05) is 84.1 Å². The number of hydrogen-bond donors (Lipinski definition) is 0. The summed E-state index contributed by atoms with van der Waals surface area (Å²) in [4.78, 5) is 34.6. The number of Topliss-reactive ketones (excluding diaryl/α,β-unsaturated/α-hetero) is 1. The summed E-state index contributed by atoms with van der Waals surface area (Å²) < 4.78 is 2.35. The zero-order valence-electron chi connectivity index (χ0n) is 21.3. The molecule has 6 rings (SSSR count). The highest BCUT2D eigenvalue weighted by molar-refractivity contribution is 7.07. The maximum atomic E-state index is 13.7. The van der Waals surface area contributed by atoms with Crippen molar-refractivity contribution in [1.29, 1.82) is 0 Å². The average Bonchev–Trinajstić information content (AvgIpc) is 3.26. The van der Waals surface area contributed by atoms with Crippen molar-refractivity contribution in [3.63, 3.8) is 0 Å². The molecule has 0 amide bonds. The number of carbonyl (C=O) groups excluding carboxylic acids is 1. The van der Waals surface area contributed by atoms with Gasteiger partial charge in [0.2, 0.25) is 0 Å². The third-order valence-corrected chi connectivity index (χ3v) is 8.28. The van der Waals surface area contributed by atoms with E-state index in [4.69, 9.17) is 4.99 Å². The number of anilines is 1. The van der Waals surface area contributed by atoms with Gasteiger partial charge in [0.1, 0.15) is 0 Å². The molecule has 2 aliphatic rings. The highest BCUT2D eigenvalue weighted by Gasteiger charge is 2.34. The molecule has 1 aromatic heterocycles. The highest BCUT2D eigenvalue weighted by Crippen LogP contribution is 2.35. The summed E-state index contributed by atoms with van der Waals surface area (Å²) in [7, 11) is 0. The molecule has 5 nitrogen and oxygen atoms in total. The lowest BCUT2D eigenvalue weighted by Crippen LogP contribution is -2.40. The van der Waals surface area contributed by atoms with E-state index in [0.717, 1.165) is 48.4 Å². The van der Waals surface area contributed by atoms with Gasteiger partial charge in [-0.05, 0) is 54.7 Å². The molecule has 1 aliphatic heterocycles. The van der Waals surface area contributed by atoms with Gasteiger partial charge < -0.3 is 4.90 Å². The van der Waals surface area contributed by atoms with Crippen LogP contribution in [-0.4, -0.2) is 16.9 Å². The first-order chi connectivity index (χ1) is 18.6. The number of fused-ring (bicyclic) bond motifs is 1. The van der Waals surface area contributed by atoms with Crippen LogP contribution in [0.1, 0.15) is 48.9 Å². The summed E-state index contributed by atoms with van der Waals surface area (Å²) in [6, 6.07) is 28.2. The second kappa shape index (κ2) is 10.4. The Morgan fingerprint density at radius 1 is 0.947 bits per heavy atom. The highest BCUT2D eigenvalue weighted by atomic mass is 32.1. The summed E-state index contributed by atoms with van der Waals surface area (Å²) in [6.07, 6.45) is 4.03. The molecular formula is C32H29N3O2S. The van der Waals surface area contributed by atoms with Gasteiger partial charge in [0.05, 0.1) is 16.3 Å². The first-order valence-corrected chi connectivity index (χ1v) is 14.0. The molecule has 0 spiro atoms. The van der Waals surface area contributed by atoms with E-state index in [0.29, 0.717) is 21.3 Å². The molecule has 190 valence electrons. The molecule has 0 saturated carbocycles. The van der Waals surface area contributed by atoms with E-state index in [1.165, 1.54) is 16.9 Å². The summed E-state index contributed by atoms with van der Waals surface area (Å²) in [5.41, 5.74) is 5.75. The van der Waals surface area contributed by atoms with Gasteiger partial charge in [-0.25, -0.2) is 4.99 Å². The van der Waals surface area contributed by atoms with Crippen LogP contribution in [0.5, 0.6) is 0 Å². The van der Waals surface area contributed by atoms with Crippen molar-refractivity contribution >= 4 is 28.9 Å². The van der Waals surface area contributed by atoms with E-state index < -0.39 is 6.04 Å². The van der Waals surface area contributed by atoms with E-state index in [1.54, 1.807) is 4.57 Å². The second-order valence-electron chi connectivity index (χ2n) is 9.72. The van der Waals surface area contributed by atoms with Crippen molar-refractivity contribution in [1.82, 2.24) is 4.57 Å². The molecule has 1 unspecified atom stereocenters. The van der Waals surface area contributed by atoms with E-state index in [1.807, 2.05) is 42.5 Å². The number of carbonyl (C=O) groups is 1. The minimum atomic E-state index is -0.420. The SMILES string of the molecule is CCN(Cc1ccccc1)c1ccc(C=c2sc3n(c2=O)C(c2ccccc2)C2=C(CCCC2=O)N=3)cc1. The standard InChI is InChI=1S/C32H29N3O2S/c1-2-34(21-23-10-5-3-6-11-23)25-18-16-22(17-19-25)20-28-31(37)35-30(24-12-7-4-8-13-24)29-26(33-32(35)38-28)14-9-15-27(29)36/h3-8,10-13,16-20,30H,2,9,14-15,21H2,1H3. The number of benzene rings is 3. The predicted octanol–water partition coefficient (Wildman–Crippen LogP) is 4.99. The van der Waals surface area contributed by atoms with Crippen LogP contribution in [-0.2, 0) is 11.3 Å². The van der Waals surface area contributed by atoms with Crippen molar-refractivity contribution in [3.8, 4) is 0 Å². The van der Waals surface area contributed by atoms with Crippen LogP contribution >= 0.6 is 11.3 Å². The van der Waals surface area contributed by atoms with E-state index in [2.05, 4.69) is 60.4 Å². The lowest BCUT2D eigenvalue weighted by atomic mass is 9.86. The maximum Gasteiger partial charge on any atom is 0.271 e. The Morgan fingerprint density at radius 2 is 1.66 bits per heavy atom. The molecule has 1 atom stereocenters. The second-order valence-corrected chi connectivity index (χ2v) is 10.7. The van der Waals surface area contributed by atoms with Gasteiger partial charge in [0.15, 0.2) is 10.6 Å². The third-order valence-electron chi connectivity index (χ3n) is 7.30. The topological polar surface area (TPSA) is 54.7 Å². The van der Waals surface area contributed by atoms with Crippen LogP contribution in [0.4, 0.5) is 5.69 Å².